The molecular weight excluding hydrogens is 779 g/mol. The van der Waals surface area contributed by atoms with Gasteiger partial charge in [-0.1, -0.05) is 140 Å². The molecule has 0 saturated carbocycles. The number of para-hydroxylation sites is 4. The first-order valence-electron chi connectivity index (χ1n) is 21.7. The summed E-state index contributed by atoms with van der Waals surface area (Å²) in [5.41, 5.74) is 16.2. The minimum atomic E-state index is 0.939. The Morgan fingerprint density at radius 1 is 0.281 bits per heavy atom. The Kier molecular flexibility index (Phi) is 8.15. The zero-order valence-electron chi connectivity index (χ0n) is 34.6. The summed E-state index contributed by atoms with van der Waals surface area (Å²) in [4.78, 5) is 14.8. The zero-order valence-corrected chi connectivity index (χ0v) is 34.6. The second kappa shape index (κ2) is 14.5. The first kappa shape index (κ1) is 36.0. The first-order chi connectivity index (χ1) is 31.8. The van der Waals surface area contributed by atoms with Crippen molar-refractivity contribution in [3.05, 3.63) is 225 Å². The van der Waals surface area contributed by atoms with Gasteiger partial charge in [0, 0.05) is 61.5 Å². The molecule has 0 fully saturated rings. The zero-order chi connectivity index (χ0) is 42.1. The van der Waals surface area contributed by atoms with E-state index in [4.69, 9.17) is 4.98 Å². The van der Waals surface area contributed by atoms with E-state index in [-0.39, 0.29) is 0 Å². The van der Waals surface area contributed by atoms with E-state index in [1.165, 1.54) is 32.6 Å². The Morgan fingerprint density at radius 3 is 1.16 bits per heavy atom. The summed E-state index contributed by atoms with van der Waals surface area (Å²) in [6, 6.07) is 74.0. The summed E-state index contributed by atoms with van der Waals surface area (Å²) in [5.74, 6) is 0. The van der Waals surface area contributed by atoms with Gasteiger partial charge in [0.05, 0.1) is 50.9 Å². The summed E-state index contributed by atoms with van der Waals surface area (Å²) in [7, 11) is 0. The Balaban J connectivity index is 1.15. The van der Waals surface area contributed by atoms with E-state index in [1.807, 2.05) is 36.7 Å². The second-order valence-corrected chi connectivity index (χ2v) is 16.4. The van der Waals surface area contributed by atoms with E-state index in [0.29, 0.717) is 0 Å². The quantitative estimate of drug-likeness (QED) is 0.157. The lowest BCUT2D eigenvalue weighted by molar-refractivity contribution is 1.16. The fraction of sp³-hybridized carbons (Fsp3) is 0. The molecular formula is C59H37N5. The Hall–Kier alpha value is -8.67. The normalized spacial score (nSPS) is 11.8. The molecule has 0 bridgehead atoms. The molecule has 0 unspecified atom stereocenters. The number of hydrogen-bond acceptors (Lipinski definition) is 3. The second-order valence-electron chi connectivity index (χ2n) is 16.4. The molecule has 5 aromatic heterocycles. The molecule has 5 heteroatoms. The Morgan fingerprint density at radius 2 is 0.688 bits per heavy atom. The molecule has 0 aliphatic rings. The monoisotopic (exact) mass is 815 g/mol. The summed E-state index contributed by atoms with van der Waals surface area (Å²) < 4.78 is 4.77. The van der Waals surface area contributed by atoms with Crippen LogP contribution in [0.15, 0.2) is 225 Å². The van der Waals surface area contributed by atoms with Crippen LogP contribution in [0, 0.1) is 0 Å². The van der Waals surface area contributed by atoms with Crippen LogP contribution in [0.1, 0.15) is 0 Å². The van der Waals surface area contributed by atoms with Crippen LogP contribution in [0.4, 0.5) is 0 Å². The Bertz CT molecular complexity index is 3560. The van der Waals surface area contributed by atoms with Crippen molar-refractivity contribution in [1.82, 2.24) is 24.1 Å². The van der Waals surface area contributed by atoms with Crippen molar-refractivity contribution in [3.8, 4) is 56.1 Å². The lowest BCUT2D eigenvalue weighted by Gasteiger charge is -2.21. The largest absolute Gasteiger partial charge is 0.309 e. The van der Waals surface area contributed by atoms with Gasteiger partial charge in [-0.05, 0) is 94.4 Å². The van der Waals surface area contributed by atoms with Crippen LogP contribution in [-0.2, 0) is 0 Å². The molecule has 8 aromatic carbocycles. The molecule has 5 nitrogen and oxygen atoms in total. The van der Waals surface area contributed by atoms with E-state index in [2.05, 4.69) is 207 Å². The summed E-state index contributed by atoms with van der Waals surface area (Å²) >= 11 is 0. The van der Waals surface area contributed by atoms with E-state index in [1.54, 1.807) is 0 Å². The summed E-state index contributed by atoms with van der Waals surface area (Å²) in [6.07, 6.45) is 5.75. The number of hydrogen-bond donors (Lipinski definition) is 0. The third-order valence-corrected chi connectivity index (χ3v) is 12.9. The van der Waals surface area contributed by atoms with Crippen molar-refractivity contribution >= 4 is 65.3 Å². The third kappa shape index (κ3) is 5.61. The summed E-state index contributed by atoms with van der Waals surface area (Å²) in [6.45, 7) is 0. The number of pyridine rings is 3. The van der Waals surface area contributed by atoms with Gasteiger partial charge in [-0.2, -0.15) is 0 Å². The van der Waals surface area contributed by atoms with E-state index in [0.717, 1.165) is 88.9 Å². The van der Waals surface area contributed by atoms with Crippen LogP contribution in [0.25, 0.3) is 121 Å². The average molecular weight is 816 g/mol. The standard InChI is InChI=1S/C59H37N5/c1-5-19-53-44(13-1)45-14-2-6-20-54(45)63(53)42-31-32-48-49(35-42)57(40-27-23-38(24-28-40)51-17-9-11-33-60-51)58(41-29-25-39(26-30-41)52-18-10-12-34-61-52)50-36-43(37-62-59(48)50)64-55-21-7-3-15-46(55)47-16-4-8-22-56(47)64/h1-37H. The molecule has 0 radical (unpaired) electrons. The van der Waals surface area contributed by atoms with Gasteiger partial charge in [-0.3, -0.25) is 15.0 Å². The first-order valence-corrected chi connectivity index (χ1v) is 21.7. The van der Waals surface area contributed by atoms with Crippen LogP contribution in [0.2, 0.25) is 0 Å². The smallest absolute Gasteiger partial charge is 0.0788 e. The maximum absolute atomic E-state index is 5.47. The van der Waals surface area contributed by atoms with Gasteiger partial charge in [0.1, 0.15) is 0 Å². The fourth-order valence-corrected chi connectivity index (χ4v) is 10.0. The highest BCUT2D eigenvalue weighted by atomic mass is 15.0. The van der Waals surface area contributed by atoms with Crippen molar-refractivity contribution in [2.75, 3.05) is 0 Å². The van der Waals surface area contributed by atoms with E-state index >= 15 is 0 Å². The summed E-state index contributed by atoms with van der Waals surface area (Å²) in [5, 5.41) is 8.18. The van der Waals surface area contributed by atoms with Gasteiger partial charge in [0.15, 0.2) is 0 Å². The predicted octanol–water partition coefficient (Wildman–Crippen LogP) is 15.0. The lowest BCUT2D eigenvalue weighted by atomic mass is 9.85. The highest BCUT2D eigenvalue weighted by Crippen LogP contribution is 2.47. The highest BCUT2D eigenvalue weighted by molar-refractivity contribution is 6.21. The molecule has 5 heterocycles. The van der Waals surface area contributed by atoms with Crippen LogP contribution in [-0.4, -0.2) is 24.1 Å². The number of aromatic nitrogens is 5. The maximum Gasteiger partial charge on any atom is 0.0788 e. The van der Waals surface area contributed by atoms with Gasteiger partial charge in [-0.25, -0.2) is 0 Å². The topological polar surface area (TPSA) is 48.5 Å². The predicted molar refractivity (Wildman–Crippen MR) is 265 cm³/mol. The van der Waals surface area contributed by atoms with Crippen molar-refractivity contribution < 1.29 is 0 Å². The molecule has 298 valence electrons. The Labute approximate surface area is 368 Å². The molecule has 0 aliphatic heterocycles. The van der Waals surface area contributed by atoms with Crippen LogP contribution >= 0.6 is 0 Å². The van der Waals surface area contributed by atoms with Gasteiger partial charge in [0.25, 0.3) is 0 Å². The number of rotatable bonds is 6. The van der Waals surface area contributed by atoms with Crippen molar-refractivity contribution in [2.24, 2.45) is 0 Å². The number of nitrogens with zero attached hydrogens (tertiary/aromatic N) is 5. The molecule has 13 rings (SSSR count). The molecule has 0 aliphatic carbocycles. The molecule has 0 saturated heterocycles. The van der Waals surface area contributed by atoms with Crippen LogP contribution in [0.3, 0.4) is 0 Å². The van der Waals surface area contributed by atoms with E-state index < -0.39 is 0 Å². The van der Waals surface area contributed by atoms with E-state index in [9.17, 15) is 0 Å². The minimum Gasteiger partial charge on any atom is -0.309 e. The minimum absolute atomic E-state index is 0.939. The number of benzene rings is 8. The molecule has 64 heavy (non-hydrogen) atoms. The van der Waals surface area contributed by atoms with Gasteiger partial charge >= 0.3 is 0 Å². The molecule has 13 aromatic rings. The average Bonchev–Trinajstić information content (AvgIpc) is 3.89. The van der Waals surface area contributed by atoms with Crippen molar-refractivity contribution in [2.45, 2.75) is 0 Å². The fourth-order valence-electron chi connectivity index (χ4n) is 10.0. The van der Waals surface area contributed by atoms with Gasteiger partial charge < -0.3 is 9.13 Å². The van der Waals surface area contributed by atoms with Gasteiger partial charge in [-0.15, -0.1) is 0 Å². The highest BCUT2D eigenvalue weighted by Gasteiger charge is 2.22. The SMILES string of the molecule is c1ccc(-c2ccc(-c3c(-c4ccc(-c5ccccn5)cc4)c4cc(-n5c6ccccc6c6ccccc65)cnc4c4ccc(-n5c6ccccc6c6ccccc65)cc34)cc2)nc1. The van der Waals surface area contributed by atoms with Crippen molar-refractivity contribution in [3.63, 3.8) is 0 Å². The maximum atomic E-state index is 5.47. The molecule has 0 spiro atoms. The number of fused-ring (bicyclic) bond motifs is 9. The van der Waals surface area contributed by atoms with Gasteiger partial charge in [0.2, 0.25) is 0 Å². The molecule has 0 N–H and O–H groups in total. The van der Waals surface area contributed by atoms with Crippen LogP contribution < -0.4 is 0 Å². The van der Waals surface area contributed by atoms with Crippen molar-refractivity contribution in [1.29, 1.82) is 0 Å². The molecule has 0 amide bonds. The third-order valence-electron chi connectivity index (χ3n) is 12.9. The molecule has 0 atom stereocenters. The van der Waals surface area contributed by atoms with Crippen LogP contribution in [0.5, 0.6) is 0 Å². The lowest BCUT2D eigenvalue weighted by Crippen LogP contribution is -1.99.